The fourth-order valence-corrected chi connectivity index (χ4v) is 2.04. The van der Waals surface area contributed by atoms with Crippen LogP contribution >= 0.6 is 0 Å². The molecule has 1 atom stereocenters. The zero-order valence-corrected chi connectivity index (χ0v) is 13.0. The van der Waals surface area contributed by atoms with Gasteiger partial charge >= 0.3 is 0 Å². The Balaban J connectivity index is 1.97. The smallest absolute Gasteiger partial charge is 0.251 e. The minimum Gasteiger partial charge on any atom is -0.396 e. The third-order valence-electron chi connectivity index (χ3n) is 3.50. The minimum atomic E-state index is -0.111. The Bertz CT molecular complexity index is 607. The van der Waals surface area contributed by atoms with Gasteiger partial charge in [0.1, 0.15) is 5.82 Å². The van der Waals surface area contributed by atoms with Crippen LogP contribution in [0.5, 0.6) is 0 Å². The molecule has 0 aliphatic rings. The highest BCUT2D eigenvalue weighted by Gasteiger charge is 2.09. The Hall–Kier alpha value is -2.21. The topological polar surface area (TPSA) is 90.9 Å². The maximum atomic E-state index is 12.0. The standard InChI is InChI=1S/C16H22N4O2/c1-3-14-18-15(20-19-14)12-4-6-13(7-5-12)16(22)17-10-11(2)8-9-21/h4-7,11,21H,3,8-10H2,1-2H3,(H,17,22)(H,18,19,20). The molecule has 118 valence electrons. The lowest BCUT2D eigenvalue weighted by atomic mass is 10.1. The number of hydrogen-bond acceptors (Lipinski definition) is 4. The van der Waals surface area contributed by atoms with Crippen molar-refractivity contribution in [2.75, 3.05) is 13.2 Å². The lowest BCUT2D eigenvalue weighted by molar-refractivity contribution is 0.0945. The van der Waals surface area contributed by atoms with Crippen molar-refractivity contribution in [2.45, 2.75) is 26.7 Å². The Morgan fingerprint density at radius 2 is 2.09 bits per heavy atom. The molecule has 6 nitrogen and oxygen atoms in total. The molecule has 0 saturated heterocycles. The first kappa shape index (κ1) is 16.2. The predicted octanol–water partition coefficient (Wildman–Crippen LogP) is 1.78. The molecule has 0 bridgehead atoms. The van der Waals surface area contributed by atoms with Crippen LogP contribution in [0.25, 0.3) is 11.4 Å². The van der Waals surface area contributed by atoms with Gasteiger partial charge in [-0.15, -0.1) is 0 Å². The highest BCUT2D eigenvalue weighted by Crippen LogP contribution is 2.15. The summed E-state index contributed by atoms with van der Waals surface area (Å²) in [6.07, 6.45) is 1.49. The summed E-state index contributed by atoms with van der Waals surface area (Å²) in [4.78, 5) is 16.4. The number of aromatic nitrogens is 3. The summed E-state index contributed by atoms with van der Waals surface area (Å²) in [5, 5.41) is 18.7. The number of nitrogens with one attached hydrogen (secondary N) is 2. The van der Waals surface area contributed by atoms with Gasteiger partial charge in [0, 0.05) is 30.7 Å². The maximum absolute atomic E-state index is 12.0. The quantitative estimate of drug-likeness (QED) is 0.727. The van der Waals surface area contributed by atoms with E-state index in [-0.39, 0.29) is 18.4 Å². The summed E-state index contributed by atoms with van der Waals surface area (Å²) < 4.78 is 0. The van der Waals surface area contributed by atoms with Gasteiger partial charge in [0.15, 0.2) is 5.82 Å². The van der Waals surface area contributed by atoms with E-state index in [4.69, 9.17) is 5.11 Å². The van der Waals surface area contributed by atoms with E-state index in [1.165, 1.54) is 0 Å². The van der Waals surface area contributed by atoms with E-state index < -0.39 is 0 Å². The Kier molecular flexibility index (Phi) is 5.66. The number of benzene rings is 1. The number of aliphatic hydroxyl groups is 1. The highest BCUT2D eigenvalue weighted by molar-refractivity contribution is 5.94. The van der Waals surface area contributed by atoms with Crippen LogP contribution in [0.3, 0.4) is 0 Å². The molecule has 1 heterocycles. The second kappa shape index (κ2) is 7.70. The number of H-pyrrole nitrogens is 1. The number of carbonyl (C=O) groups is 1. The first-order chi connectivity index (χ1) is 10.6. The van der Waals surface area contributed by atoms with E-state index in [9.17, 15) is 4.79 Å². The van der Waals surface area contributed by atoms with Crippen molar-refractivity contribution in [3.63, 3.8) is 0 Å². The van der Waals surface area contributed by atoms with Crippen molar-refractivity contribution >= 4 is 5.91 Å². The number of hydrogen-bond donors (Lipinski definition) is 3. The number of aliphatic hydroxyl groups excluding tert-OH is 1. The molecule has 1 amide bonds. The van der Waals surface area contributed by atoms with E-state index in [0.29, 0.717) is 24.4 Å². The second-order valence-electron chi connectivity index (χ2n) is 5.36. The Labute approximate surface area is 130 Å². The van der Waals surface area contributed by atoms with Gasteiger partial charge in [-0.25, -0.2) is 4.98 Å². The number of rotatable bonds is 7. The van der Waals surface area contributed by atoms with Crippen LogP contribution in [0, 0.1) is 5.92 Å². The summed E-state index contributed by atoms with van der Waals surface area (Å²) >= 11 is 0. The molecular formula is C16H22N4O2. The number of nitrogens with zero attached hydrogens (tertiary/aromatic N) is 2. The molecule has 22 heavy (non-hydrogen) atoms. The monoisotopic (exact) mass is 302 g/mol. The SMILES string of the molecule is CCc1nc(-c2ccc(C(=O)NCC(C)CCO)cc2)n[nH]1. The van der Waals surface area contributed by atoms with Gasteiger partial charge in [0.05, 0.1) is 0 Å². The lowest BCUT2D eigenvalue weighted by Crippen LogP contribution is -2.28. The van der Waals surface area contributed by atoms with Gasteiger partial charge in [-0.3, -0.25) is 9.89 Å². The first-order valence-corrected chi connectivity index (χ1v) is 7.54. The fourth-order valence-electron chi connectivity index (χ4n) is 2.04. The second-order valence-corrected chi connectivity index (χ2v) is 5.36. The molecule has 0 spiro atoms. The predicted molar refractivity (Wildman–Crippen MR) is 84.4 cm³/mol. The van der Waals surface area contributed by atoms with E-state index in [1.54, 1.807) is 12.1 Å². The largest absolute Gasteiger partial charge is 0.396 e. The fraction of sp³-hybridized carbons (Fsp3) is 0.438. The minimum absolute atomic E-state index is 0.111. The molecule has 0 aliphatic heterocycles. The molecule has 0 aliphatic carbocycles. The number of aryl methyl sites for hydroxylation is 1. The lowest BCUT2D eigenvalue weighted by Gasteiger charge is -2.11. The van der Waals surface area contributed by atoms with Crippen LogP contribution in [0.1, 0.15) is 36.5 Å². The highest BCUT2D eigenvalue weighted by atomic mass is 16.3. The van der Waals surface area contributed by atoms with Crippen LogP contribution in [-0.2, 0) is 6.42 Å². The Morgan fingerprint density at radius 1 is 1.36 bits per heavy atom. The van der Waals surface area contributed by atoms with Gasteiger partial charge in [-0.1, -0.05) is 26.0 Å². The molecule has 0 radical (unpaired) electrons. The van der Waals surface area contributed by atoms with Crippen molar-refractivity contribution in [1.29, 1.82) is 0 Å². The van der Waals surface area contributed by atoms with Gasteiger partial charge < -0.3 is 10.4 Å². The third kappa shape index (κ3) is 4.14. The van der Waals surface area contributed by atoms with E-state index in [2.05, 4.69) is 20.5 Å². The van der Waals surface area contributed by atoms with Crippen LogP contribution in [0.4, 0.5) is 0 Å². The van der Waals surface area contributed by atoms with Gasteiger partial charge in [0.25, 0.3) is 5.91 Å². The van der Waals surface area contributed by atoms with E-state index >= 15 is 0 Å². The van der Waals surface area contributed by atoms with E-state index in [0.717, 1.165) is 17.8 Å². The molecule has 3 N–H and O–H groups in total. The normalized spacial score (nSPS) is 12.1. The Morgan fingerprint density at radius 3 is 2.68 bits per heavy atom. The average molecular weight is 302 g/mol. The van der Waals surface area contributed by atoms with Gasteiger partial charge in [0.2, 0.25) is 0 Å². The summed E-state index contributed by atoms with van der Waals surface area (Å²) in [6.45, 7) is 4.70. The van der Waals surface area contributed by atoms with Crippen molar-refractivity contribution in [3.8, 4) is 11.4 Å². The molecule has 2 aromatic rings. The maximum Gasteiger partial charge on any atom is 0.251 e. The van der Waals surface area contributed by atoms with Crippen LogP contribution < -0.4 is 5.32 Å². The first-order valence-electron chi connectivity index (χ1n) is 7.54. The third-order valence-corrected chi connectivity index (χ3v) is 3.50. The van der Waals surface area contributed by atoms with Crippen LogP contribution in [-0.4, -0.2) is 39.3 Å². The molecule has 1 aromatic carbocycles. The average Bonchev–Trinajstić information content (AvgIpc) is 3.02. The van der Waals surface area contributed by atoms with Crippen LogP contribution in [0.15, 0.2) is 24.3 Å². The van der Waals surface area contributed by atoms with E-state index in [1.807, 2.05) is 26.0 Å². The van der Waals surface area contributed by atoms with Crippen LogP contribution in [0.2, 0.25) is 0 Å². The summed E-state index contributed by atoms with van der Waals surface area (Å²) in [7, 11) is 0. The number of carbonyl (C=O) groups excluding carboxylic acids is 1. The van der Waals surface area contributed by atoms with Crippen molar-refractivity contribution in [3.05, 3.63) is 35.7 Å². The molecule has 1 unspecified atom stereocenters. The van der Waals surface area contributed by atoms with Gasteiger partial charge in [-0.2, -0.15) is 5.10 Å². The van der Waals surface area contributed by atoms with Crippen molar-refractivity contribution in [1.82, 2.24) is 20.5 Å². The molecule has 0 saturated carbocycles. The molecular weight excluding hydrogens is 280 g/mol. The van der Waals surface area contributed by atoms with Crippen molar-refractivity contribution in [2.24, 2.45) is 5.92 Å². The van der Waals surface area contributed by atoms with Crippen molar-refractivity contribution < 1.29 is 9.90 Å². The summed E-state index contributed by atoms with van der Waals surface area (Å²) in [5.74, 6) is 1.63. The summed E-state index contributed by atoms with van der Waals surface area (Å²) in [6, 6.07) is 7.22. The van der Waals surface area contributed by atoms with Gasteiger partial charge in [-0.05, 0) is 24.5 Å². The number of amides is 1. The molecule has 2 rings (SSSR count). The molecule has 1 aromatic heterocycles. The molecule has 0 fully saturated rings. The zero-order valence-electron chi connectivity index (χ0n) is 13.0. The number of aromatic amines is 1. The summed E-state index contributed by atoms with van der Waals surface area (Å²) in [5.41, 5.74) is 1.48. The molecule has 6 heteroatoms. The zero-order chi connectivity index (χ0) is 15.9.